The van der Waals surface area contributed by atoms with Crippen molar-refractivity contribution < 1.29 is 9.22 Å². The molecule has 0 saturated carbocycles. The highest BCUT2D eigenvalue weighted by atomic mass is 16.3. The second-order valence-corrected chi connectivity index (χ2v) is 3.14. The standard InChI is InChI=1S/C12H12O/c1-8-7-10-5-3-4-6-11(10)9(2)12(8)13/h3-7,13H,1-2H3/i2D3. The maximum absolute atomic E-state index is 9.87. The average Bonchev–Trinajstić information content (AvgIpc) is 2.17. The van der Waals surface area contributed by atoms with Crippen LogP contribution in [0.15, 0.2) is 30.3 Å². The van der Waals surface area contributed by atoms with Gasteiger partial charge in [-0.15, -0.1) is 0 Å². The fourth-order valence-electron chi connectivity index (χ4n) is 1.48. The summed E-state index contributed by atoms with van der Waals surface area (Å²) in [6.45, 7) is -0.591. The van der Waals surface area contributed by atoms with Crippen molar-refractivity contribution in [2.24, 2.45) is 0 Å². The number of hydrogen-bond acceptors (Lipinski definition) is 1. The molecule has 1 heteroatoms. The lowest BCUT2D eigenvalue weighted by Crippen LogP contribution is -1.83. The Labute approximate surface area is 81.9 Å². The van der Waals surface area contributed by atoms with Gasteiger partial charge in [-0.25, -0.2) is 0 Å². The topological polar surface area (TPSA) is 20.2 Å². The molecule has 2 aromatic rings. The third-order valence-electron chi connectivity index (χ3n) is 2.21. The van der Waals surface area contributed by atoms with Crippen LogP contribution in [0.2, 0.25) is 0 Å². The van der Waals surface area contributed by atoms with Crippen LogP contribution in [0, 0.1) is 13.8 Å². The molecule has 0 fully saturated rings. The first kappa shape index (κ1) is 5.28. The minimum Gasteiger partial charge on any atom is -0.507 e. The van der Waals surface area contributed by atoms with Gasteiger partial charge < -0.3 is 5.11 Å². The molecule has 66 valence electrons. The van der Waals surface area contributed by atoms with Crippen LogP contribution in [0.25, 0.3) is 10.8 Å². The number of aromatic hydroxyl groups is 1. The van der Waals surface area contributed by atoms with Gasteiger partial charge in [-0.3, -0.25) is 0 Å². The molecule has 1 N–H and O–H groups in total. The summed E-state index contributed by atoms with van der Waals surface area (Å²) in [6, 6.07) is 8.97. The van der Waals surface area contributed by atoms with E-state index in [1.54, 1.807) is 25.1 Å². The van der Waals surface area contributed by atoms with E-state index in [2.05, 4.69) is 0 Å². The van der Waals surface area contributed by atoms with Gasteiger partial charge in [0.2, 0.25) is 0 Å². The number of phenolic OH excluding ortho intramolecular Hbond substituents is 1. The van der Waals surface area contributed by atoms with Gasteiger partial charge in [-0.05, 0) is 41.7 Å². The summed E-state index contributed by atoms with van der Waals surface area (Å²) >= 11 is 0. The van der Waals surface area contributed by atoms with Crippen LogP contribution in [0.3, 0.4) is 0 Å². The van der Waals surface area contributed by atoms with Crippen LogP contribution < -0.4 is 0 Å². The quantitative estimate of drug-likeness (QED) is 0.652. The Morgan fingerprint density at radius 1 is 1.31 bits per heavy atom. The Kier molecular flexibility index (Phi) is 1.12. The lowest BCUT2D eigenvalue weighted by Gasteiger charge is -2.07. The predicted molar refractivity (Wildman–Crippen MR) is 55.1 cm³/mol. The zero-order chi connectivity index (χ0) is 11.9. The number of phenols is 1. The van der Waals surface area contributed by atoms with E-state index in [4.69, 9.17) is 4.11 Å². The van der Waals surface area contributed by atoms with Crippen LogP contribution in [0.4, 0.5) is 0 Å². The summed E-state index contributed by atoms with van der Waals surface area (Å²) in [6.07, 6.45) is 0. The molecule has 0 aliphatic carbocycles. The molecule has 0 aromatic heterocycles. The van der Waals surface area contributed by atoms with Crippen molar-refractivity contribution in [3.63, 3.8) is 0 Å². The Bertz CT molecular complexity index is 544. The first-order chi connectivity index (χ1) is 7.41. The van der Waals surface area contributed by atoms with Crippen molar-refractivity contribution in [3.8, 4) is 5.75 Å². The van der Waals surface area contributed by atoms with E-state index in [-0.39, 0.29) is 11.3 Å². The molecule has 2 rings (SSSR count). The molecule has 0 spiro atoms. The van der Waals surface area contributed by atoms with Gasteiger partial charge in [0.15, 0.2) is 0 Å². The summed E-state index contributed by atoms with van der Waals surface area (Å²) < 4.78 is 22.4. The normalized spacial score (nSPS) is 15.0. The van der Waals surface area contributed by atoms with Crippen molar-refractivity contribution in [1.82, 2.24) is 0 Å². The maximum Gasteiger partial charge on any atom is 0.122 e. The zero-order valence-corrected chi connectivity index (χ0v) is 7.33. The van der Waals surface area contributed by atoms with E-state index in [0.29, 0.717) is 10.9 Å². The Morgan fingerprint density at radius 2 is 2.08 bits per heavy atom. The molecule has 2 aromatic carbocycles. The molecule has 0 amide bonds. The molecule has 0 saturated heterocycles. The molecular formula is C12H12O. The summed E-state index contributed by atoms with van der Waals surface area (Å²) in [5, 5.41) is 11.3. The highest BCUT2D eigenvalue weighted by molar-refractivity contribution is 5.88. The number of aryl methyl sites for hydroxylation is 2. The molecule has 0 heterocycles. The van der Waals surface area contributed by atoms with Crippen molar-refractivity contribution >= 4 is 10.8 Å². The van der Waals surface area contributed by atoms with E-state index >= 15 is 0 Å². The van der Waals surface area contributed by atoms with Gasteiger partial charge in [-0.2, -0.15) is 0 Å². The third-order valence-corrected chi connectivity index (χ3v) is 2.21. The van der Waals surface area contributed by atoms with Crippen LogP contribution in [0.1, 0.15) is 15.2 Å². The Balaban J connectivity index is 2.93. The Hall–Kier alpha value is -1.50. The van der Waals surface area contributed by atoms with Crippen molar-refractivity contribution in [3.05, 3.63) is 41.5 Å². The van der Waals surface area contributed by atoms with Crippen LogP contribution in [0.5, 0.6) is 5.75 Å². The Morgan fingerprint density at radius 3 is 2.85 bits per heavy atom. The van der Waals surface area contributed by atoms with E-state index in [9.17, 15) is 5.11 Å². The first-order valence-corrected chi connectivity index (χ1v) is 4.13. The fourth-order valence-corrected chi connectivity index (χ4v) is 1.48. The van der Waals surface area contributed by atoms with Gasteiger partial charge in [0.25, 0.3) is 0 Å². The predicted octanol–water partition coefficient (Wildman–Crippen LogP) is 3.16. The highest BCUT2D eigenvalue weighted by Gasteiger charge is 2.04. The number of fused-ring (bicyclic) bond motifs is 1. The molecule has 0 unspecified atom stereocenters. The first-order valence-electron chi connectivity index (χ1n) is 5.63. The van der Waals surface area contributed by atoms with Crippen LogP contribution in [-0.4, -0.2) is 5.11 Å². The molecule has 0 aliphatic rings. The van der Waals surface area contributed by atoms with Gasteiger partial charge >= 0.3 is 0 Å². The van der Waals surface area contributed by atoms with Crippen LogP contribution >= 0.6 is 0 Å². The molecule has 0 radical (unpaired) electrons. The monoisotopic (exact) mass is 175 g/mol. The van der Waals surface area contributed by atoms with Gasteiger partial charge in [-0.1, -0.05) is 24.3 Å². The minimum absolute atomic E-state index is 0.0445. The zero-order valence-electron chi connectivity index (χ0n) is 10.3. The van der Waals surface area contributed by atoms with E-state index in [1.807, 2.05) is 12.1 Å². The molecule has 1 nitrogen and oxygen atoms in total. The molecule has 13 heavy (non-hydrogen) atoms. The van der Waals surface area contributed by atoms with E-state index < -0.39 is 6.85 Å². The lowest BCUT2D eigenvalue weighted by molar-refractivity contribution is 0.468. The largest absolute Gasteiger partial charge is 0.507 e. The summed E-state index contributed by atoms with van der Waals surface area (Å²) in [7, 11) is 0. The average molecular weight is 175 g/mol. The lowest BCUT2D eigenvalue weighted by atomic mass is 10.0. The highest BCUT2D eigenvalue weighted by Crippen LogP contribution is 2.29. The summed E-state index contributed by atoms with van der Waals surface area (Å²) in [5.41, 5.74) is 0.632. The van der Waals surface area contributed by atoms with Gasteiger partial charge in [0.05, 0.1) is 0 Å². The van der Waals surface area contributed by atoms with Gasteiger partial charge in [0, 0.05) is 4.11 Å². The van der Waals surface area contributed by atoms with E-state index in [1.165, 1.54) is 0 Å². The fraction of sp³-hybridized carbons (Fsp3) is 0.167. The van der Waals surface area contributed by atoms with Crippen molar-refractivity contribution in [2.75, 3.05) is 0 Å². The maximum atomic E-state index is 9.87. The van der Waals surface area contributed by atoms with Gasteiger partial charge in [0.1, 0.15) is 5.75 Å². The minimum atomic E-state index is -2.30. The number of hydrogen-bond donors (Lipinski definition) is 1. The second kappa shape index (κ2) is 2.77. The molecule has 0 atom stereocenters. The second-order valence-electron chi connectivity index (χ2n) is 3.14. The molecular weight excluding hydrogens is 160 g/mol. The smallest absolute Gasteiger partial charge is 0.122 e. The van der Waals surface area contributed by atoms with Crippen LogP contribution in [-0.2, 0) is 0 Å². The number of rotatable bonds is 0. The molecule has 0 bridgehead atoms. The van der Waals surface area contributed by atoms with E-state index in [0.717, 1.165) is 5.39 Å². The number of benzene rings is 2. The third kappa shape index (κ3) is 1.17. The summed E-state index contributed by atoms with van der Waals surface area (Å²) in [5.74, 6) is -0.126. The van der Waals surface area contributed by atoms with Crippen molar-refractivity contribution in [1.29, 1.82) is 0 Å². The molecule has 0 aliphatic heterocycles. The van der Waals surface area contributed by atoms with Crippen molar-refractivity contribution in [2.45, 2.75) is 13.8 Å². The summed E-state index contributed by atoms with van der Waals surface area (Å²) in [4.78, 5) is 0. The SMILES string of the molecule is [2H]C([2H])([2H])c1c(O)c(C)cc2ccccc12.